The first-order valence-corrected chi connectivity index (χ1v) is 8.61. The molecule has 0 atom stereocenters. The molecule has 0 fully saturated rings. The van der Waals surface area contributed by atoms with Gasteiger partial charge in [0.05, 0.1) is 0 Å². The normalized spacial score (nSPS) is 11.7. The van der Waals surface area contributed by atoms with Gasteiger partial charge in [0.2, 0.25) is 0 Å². The Balaban J connectivity index is 0. The van der Waals surface area contributed by atoms with Crippen LogP contribution in [0.5, 0.6) is 0 Å². The lowest BCUT2D eigenvalue weighted by atomic mass is 10.1. The number of ether oxygens (including phenoxy) is 1. The first kappa shape index (κ1) is 24.7. The van der Waals surface area contributed by atoms with E-state index in [-0.39, 0.29) is 29.9 Å². The quantitative estimate of drug-likeness (QED) is 0.167. The largest absolute Gasteiger partial charge is 0.460 e. The summed E-state index contributed by atoms with van der Waals surface area (Å²) in [5, 5.41) is 3.13. The highest BCUT2D eigenvalue weighted by Gasteiger charge is 2.15. The number of hydrogen-bond donors (Lipinski definition) is 2. The molecule has 0 saturated heterocycles. The van der Waals surface area contributed by atoms with Gasteiger partial charge < -0.3 is 15.8 Å². The Morgan fingerprint density at radius 2 is 1.74 bits per heavy atom. The van der Waals surface area contributed by atoms with Crippen molar-refractivity contribution in [3.8, 4) is 0 Å². The number of guanidine groups is 1. The molecule has 0 heterocycles. The van der Waals surface area contributed by atoms with Crippen LogP contribution in [0.2, 0.25) is 0 Å². The third-order valence-electron chi connectivity index (χ3n) is 3.08. The number of unbranched alkanes of at least 4 members (excludes halogenated alkanes) is 5. The summed E-state index contributed by atoms with van der Waals surface area (Å²) in [5.74, 6) is 0.410. The number of nitrogens with zero attached hydrogens (tertiary/aromatic N) is 1. The fraction of sp³-hybridized carbons (Fsp3) is 0.882. The van der Waals surface area contributed by atoms with E-state index in [1.807, 2.05) is 20.8 Å². The molecule has 0 aromatic rings. The molecule has 0 aliphatic rings. The number of esters is 1. The maximum absolute atomic E-state index is 11.5. The third kappa shape index (κ3) is 19.4. The maximum atomic E-state index is 11.5. The van der Waals surface area contributed by atoms with Crippen molar-refractivity contribution < 1.29 is 9.53 Å². The molecule has 0 bridgehead atoms. The van der Waals surface area contributed by atoms with Gasteiger partial charge in [-0.2, -0.15) is 0 Å². The van der Waals surface area contributed by atoms with Crippen LogP contribution in [0, 0.1) is 0 Å². The minimum Gasteiger partial charge on any atom is -0.460 e. The summed E-state index contributed by atoms with van der Waals surface area (Å²) in [6, 6.07) is 0. The van der Waals surface area contributed by atoms with E-state index in [0.29, 0.717) is 18.9 Å². The van der Waals surface area contributed by atoms with E-state index in [2.05, 4.69) is 17.2 Å². The lowest BCUT2D eigenvalue weighted by Gasteiger charge is -2.19. The van der Waals surface area contributed by atoms with Gasteiger partial charge in [-0.15, -0.1) is 24.0 Å². The fourth-order valence-corrected chi connectivity index (χ4v) is 1.97. The number of halogens is 1. The Morgan fingerprint density at radius 1 is 1.09 bits per heavy atom. The first-order chi connectivity index (χ1) is 10.3. The summed E-state index contributed by atoms with van der Waals surface area (Å²) >= 11 is 0. The number of carbonyl (C=O) groups is 1. The first-order valence-electron chi connectivity index (χ1n) is 8.61. The van der Waals surface area contributed by atoms with Gasteiger partial charge in [-0.3, -0.25) is 9.79 Å². The van der Waals surface area contributed by atoms with Gasteiger partial charge in [0.15, 0.2) is 5.96 Å². The Kier molecular flexibility index (Phi) is 16.1. The van der Waals surface area contributed by atoms with Crippen LogP contribution in [-0.4, -0.2) is 30.6 Å². The molecule has 23 heavy (non-hydrogen) atoms. The fourth-order valence-electron chi connectivity index (χ4n) is 1.97. The molecule has 0 saturated carbocycles. The van der Waals surface area contributed by atoms with Crippen LogP contribution in [-0.2, 0) is 9.53 Å². The Hall–Kier alpha value is -0.530. The second-order valence-corrected chi connectivity index (χ2v) is 6.65. The van der Waals surface area contributed by atoms with E-state index in [0.717, 1.165) is 32.2 Å². The number of aliphatic imine (C=N–C) groups is 1. The predicted molar refractivity (Wildman–Crippen MR) is 108 cm³/mol. The van der Waals surface area contributed by atoms with Crippen LogP contribution >= 0.6 is 24.0 Å². The molecule has 138 valence electrons. The van der Waals surface area contributed by atoms with E-state index in [9.17, 15) is 4.79 Å². The van der Waals surface area contributed by atoms with Crippen LogP contribution in [0.25, 0.3) is 0 Å². The molecule has 0 amide bonds. The van der Waals surface area contributed by atoms with Gasteiger partial charge in [-0.1, -0.05) is 32.6 Å². The third-order valence-corrected chi connectivity index (χ3v) is 3.08. The summed E-state index contributed by atoms with van der Waals surface area (Å²) in [7, 11) is 0. The van der Waals surface area contributed by atoms with Crippen LogP contribution in [0.1, 0.15) is 79.1 Å². The Labute approximate surface area is 159 Å². The van der Waals surface area contributed by atoms with E-state index in [4.69, 9.17) is 10.5 Å². The van der Waals surface area contributed by atoms with Crippen molar-refractivity contribution in [3.63, 3.8) is 0 Å². The van der Waals surface area contributed by atoms with E-state index < -0.39 is 5.60 Å². The molecule has 0 aromatic carbocycles. The summed E-state index contributed by atoms with van der Waals surface area (Å²) in [4.78, 5) is 15.8. The molecule has 0 spiro atoms. The van der Waals surface area contributed by atoms with Crippen LogP contribution in [0.4, 0.5) is 0 Å². The van der Waals surface area contributed by atoms with Crippen molar-refractivity contribution in [1.29, 1.82) is 0 Å². The summed E-state index contributed by atoms with van der Waals surface area (Å²) in [6.07, 6.45) is 8.12. The van der Waals surface area contributed by atoms with Gasteiger partial charge in [-0.25, -0.2) is 0 Å². The van der Waals surface area contributed by atoms with E-state index in [1.165, 1.54) is 19.3 Å². The van der Waals surface area contributed by atoms with Crippen molar-refractivity contribution in [1.82, 2.24) is 5.32 Å². The minimum atomic E-state index is -0.390. The summed E-state index contributed by atoms with van der Waals surface area (Å²) in [6.45, 7) is 9.47. The highest BCUT2D eigenvalue weighted by molar-refractivity contribution is 14.0. The lowest BCUT2D eigenvalue weighted by molar-refractivity contribution is -0.154. The van der Waals surface area contributed by atoms with Gasteiger partial charge in [0.25, 0.3) is 0 Å². The average Bonchev–Trinajstić information content (AvgIpc) is 2.40. The molecule has 0 radical (unpaired) electrons. The number of hydrogen-bond acceptors (Lipinski definition) is 3. The zero-order valence-corrected chi connectivity index (χ0v) is 17.7. The standard InChI is InChI=1S/C17H35N3O2.HI/c1-5-6-7-10-13-19-16(18)20-14-11-8-9-12-15(21)22-17(2,3)4;/h5-14H2,1-4H3,(H3,18,19,20);1H. The summed E-state index contributed by atoms with van der Waals surface area (Å²) in [5.41, 5.74) is 5.40. The number of nitrogens with two attached hydrogens (primary N) is 1. The molecule has 0 unspecified atom stereocenters. The van der Waals surface area contributed by atoms with Crippen LogP contribution < -0.4 is 11.1 Å². The smallest absolute Gasteiger partial charge is 0.306 e. The van der Waals surface area contributed by atoms with Crippen molar-refractivity contribution in [2.24, 2.45) is 10.7 Å². The van der Waals surface area contributed by atoms with Crippen molar-refractivity contribution in [2.75, 3.05) is 13.1 Å². The van der Waals surface area contributed by atoms with Gasteiger partial charge in [-0.05, 0) is 40.0 Å². The van der Waals surface area contributed by atoms with E-state index in [1.54, 1.807) is 0 Å². The average molecular weight is 441 g/mol. The summed E-state index contributed by atoms with van der Waals surface area (Å²) < 4.78 is 5.26. The van der Waals surface area contributed by atoms with Crippen molar-refractivity contribution >= 4 is 35.9 Å². The monoisotopic (exact) mass is 441 g/mol. The predicted octanol–water partition coefficient (Wildman–Crippen LogP) is 3.99. The number of carbonyl (C=O) groups excluding carboxylic acids is 1. The van der Waals surface area contributed by atoms with Gasteiger partial charge >= 0.3 is 5.97 Å². The molecule has 6 heteroatoms. The Morgan fingerprint density at radius 3 is 2.35 bits per heavy atom. The zero-order chi connectivity index (χ0) is 16.8. The molecular weight excluding hydrogens is 405 g/mol. The number of rotatable bonds is 11. The lowest BCUT2D eigenvalue weighted by Crippen LogP contribution is -2.32. The number of nitrogens with one attached hydrogen (secondary N) is 1. The second-order valence-electron chi connectivity index (χ2n) is 6.65. The molecule has 0 aromatic heterocycles. The SMILES string of the molecule is CCCCCCNC(N)=NCCCCCC(=O)OC(C)(C)C.I. The van der Waals surface area contributed by atoms with Crippen LogP contribution in [0.15, 0.2) is 4.99 Å². The Bertz CT molecular complexity index is 328. The molecule has 0 aliphatic heterocycles. The van der Waals surface area contributed by atoms with Crippen molar-refractivity contribution in [3.05, 3.63) is 0 Å². The molecule has 0 aliphatic carbocycles. The van der Waals surface area contributed by atoms with Gasteiger partial charge in [0, 0.05) is 19.5 Å². The topological polar surface area (TPSA) is 76.7 Å². The highest BCUT2D eigenvalue weighted by atomic mass is 127. The van der Waals surface area contributed by atoms with Crippen LogP contribution in [0.3, 0.4) is 0 Å². The second kappa shape index (κ2) is 15.0. The van der Waals surface area contributed by atoms with Crippen molar-refractivity contribution in [2.45, 2.75) is 84.7 Å². The maximum Gasteiger partial charge on any atom is 0.306 e. The molecule has 5 nitrogen and oxygen atoms in total. The highest BCUT2D eigenvalue weighted by Crippen LogP contribution is 2.10. The van der Waals surface area contributed by atoms with Gasteiger partial charge in [0.1, 0.15) is 5.60 Å². The molecular formula is C17H36IN3O2. The molecule has 0 rings (SSSR count). The minimum absolute atomic E-state index is 0. The molecule has 3 N–H and O–H groups in total. The van der Waals surface area contributed by atoms with E-state index >= 15 is 0 Å². The zero-order valence-electron chi connectivity index (χ0n) is 15.3.